The van der Waals surface area contributed by atoms with Gasteiger partial charge in [-0.1, -0.05) is 0 Å². The van der Waals surface area contributed by atoms with Crippen molar-refractivity contribution in [2.75, 3.05) is 25.1 Å². The molecule has 2 saturated heterocycles. The molecule has 2 aromatic heterocycles. The number of nitrogens with zero attached hydrogens (tertiary/aromatic N) is 3. The van der Waals surface area contributed by atoms with Crippen LogP contribution in [0.4, 0.5) is 14.6 Å². The molecule has 12 heteroatoms. The minimum absolute atomic E-state index is 0.00944. The van der Waals surface area contributed by atoms with Crippen molar-refractivity contribution in [2.45, 2.75) is 76.1 Å². The maximum absolute atomic E-state index is 14.1. The quantitative estimate of drug-likeness (QED) is 0.452. The lowest BCUT2D eigenvalue weighted by molar-refractivity contribution is 0.0118. The molecule has 2 saturated carbocycles. The Morgan fingerprint density at radius 1 is 1.23 bits per heavy atom. The highest BCUT2D eigenvalue weighted by Crippen LogP contribution is 2.46. The van der Waals surface area contributed by atoms with Gasteiger partial charge in [0.2, 0.25) is 0 Å². The van der Waals surface area contributed by atoms with E-state index < -0.39 is 48.9 Å². The number of anilines is 1. The number of ether oxygens (including phenoxy) is 1. The Hall–Kier alpha value is -2.70. The number of alkyl halides is 2. The van der Waals surface area contributed by atoms with E-state index in [1.165, 1.54) is 25.7 Å². The summed E-state index contributed by atoms with van der Waals surface area (Å²) in [7, 11) is 0. The number of carbonyl (C=O) groups is 2. The molecule has 0 bridgehead atoms. The van der Waals surface area contributed by atoms with Crippen LogP contribution >= 0.6 is 11.3 Å². The third-order valence-corrected chi connectivity index (χ3v) is 9.20. The van der Waals surface area contributed by atoms with Crippen molar-refractivity contribution in [1.82, 2.24) is 20.2 Å². The Balaban J connectivity index is 1.31. The molecule has 39 heavy (non-hydrogen) atoms. The molecule has 2 aliphatic heterocycles. The monoisotopic (exact) mass is 561 g/mol. The highest BCUT2D eigenvalue weighted by Gasteiger charge is 2.46. The number of pyridine rings is 1. The molecule has 3 N–H and O–H groups in total. The Labute approximate surface area is 229 Å². The van der Waals surface area contributed by atoms with E-state index in [0.717, 1.165) is 27.6 Å². The number of hydrogen-bond donors (Lipinski definition) is 3. The molecule has 9 nitrogen and oxygen atoms in total. The minimum atomic E-state index is -2.98. The summed E-state index contributed by atoms with van der Waals surface area (Å²) in [5, 5.41) is 16.4. The van der Waals surface area contributed by atoms with Gasteiger partial charge >= 0.3 is 0 Å². The van der Waals surface area contributed by atoms with Crippen molar-refractivity contribution >= 4 is 29.0 Å². The Bertz CT molecular complexity index is 1270. The summed E-state index contributed by atoms with van der Waals surface area (Å²) in [5.74, 6) is -2.04. The first-order valence-electron chi connectivity index (χ1n) is 13.6. The molecule has 4 aliphatic rings. The zero-order valence-corrected chi connectivity index (χ0v) is 22.8. The van der Waals surface area contributed by atoms with Gasteiger partial charge in [0.25, 0.3) is 17.7 Å². The summed E-state index contributed by atoms with van der Waals surface area (Å²) in [5.41, 5.74) is 1.41. The van der Waals surface area contributed by atoms with E-state index in [9.17, 15) is 23.5 Å². The van der Waals surface area contributed by atoms with Crippen molar-refractivity contribution in [3.63, 3.8) is 0 Å². The van der Waals surface area contributed by atoms with Crippen molar-refractivity contribution < 1.29 is 28.2 Å². The number of aryl methyl sites for hydroxylation is 1. The summed E-state index contributed by atoms with van der Waals surface area (Å²) in [4.78, 5) is 37.2. The van der Waals surface area contributed by atoms with Crippen LogP contribution in [0.2, 0.25) is 0 Å². The van der Waals surface area contributed by atoms with E-state index in [1.54, 1.807) is 13.1 Å². The lowest BCUT2D eigenvalue weighted by atomic mass is 10.1. The second-order valence-electron chi connectivity index (χ2n) is 11.5. The standard InChI is InChI=1S/C27H33F2N5O4S/c1-13-7-20(32-21(15-3-4-15)16-5-6-16)30-9-17(13)23-22(26(37)34-12-27(28,29)8-14(34)2)33-25(39-23)24(36)31-18-10-38-11-19(18)35/h7,9,14-16,18-19,21,35H,3-6,8,10-12H2,1-2H3,(H,30,32)(H,31,36)/t14-,18-,19+/m0/s1. The van der Waals surface area contributed by atoms with Gasteiger partial charge in [0.15, 0.2) is 5.01 Å². The lowest BCUT2D eigenvalue weighted by Crippen LogP contribution is -2.42. The smallest absolute Gasteiger partial charge is 0.280 e. The summed E-state index contributed by atoms with van der Waals surface area (Å²) < 4.78 is 33.5. The lowest BCUT2D eigenvalue weighted by Gasteiger charge is -2.21. The number of aliphatic hydroxyl groups is 1. The van der Waals surface area contributed by atoms with Gasteiger partial charge in [0.05, 0.1) is 36.8 Å². The average molecular weight is 562 g/mol. The van der Waals surface area contributed by atoms with Crippen LogP contribution in [0, 0.1) is 18.8 Å². The summed E-state index contributed by atoms with van der Waals surface area (Å²) in [6.07, 6.45) is 5.34. The van der Waals surface area contributed by atoms with Gasteiger partial charge in [0.1, 0.15) is 11.5 Å². The van der Waals surface area contributed by atoms with Gasteiger partial charge in [-0.3, -0.25) is 9.59 Å². The molecule has 6 rings (SSSR count). The Kier molecular flexibility index (Phi) is 6.83. The second kappa shape index (κ2) is 10.0. The molecular formula is C27H33F2N5O4S. The van der Waals surface area contributed by atoms with Crippen LogP contribution in [0.3, 0.4) is 0 Å². The number of nitrogens with one attached hydrogen (secondary N) is 2. The minimum Gasteiger partial charge on any atom is -0.388 e. The third-order valence-electron chi connectivity index (χ3n) is 8.11. The van der Waals surface area contributed by atoms with E-state index in [2.05, 4.69) is 20.6 Å². The zero-order valence-electron chi connectivity index (χ0n) is 22.0. The number of carbonyl (C=O) groups excluding carboxylic acids is 2. The van der Waals surface area contributed by atoms with Crippen molar-refractivity contribution in [1.29, 1.82) is 0 Å². The highest BCUT2D eigenvalue weighted by molar-refractivity contribution is 7.17. The van der Waals surface area contributed by atoms with Crippen molar-refractivity contribution in [3.05, 3.63) is 28.5 Å². The van der Waals surface area contributed by atoms with E-state index in [0.29, 0.717) is 28.3 Å². The number of aliphatic hydroxyl groups excluding tert-OH is 1. The molecule has 2 aromatic rings. The van der Waals surface area contributed by atoms with Crippen LogP contribution in [0.25, 0.3) is 10.4 Å². The predicted octanol–water partition coefficient (Wildman–Crippen LogP) is 3.47. The number of likely N-dealkylation sites (tertiary alicyclic amines) is 1. The average Bonchev–Trinajstić information content (AvgIpc) is 3.80. The number of thiazole rings is 1. The van der Waals surface area contributed by atoms with Crippen molar-refractivity contribution in [2.24, 2.45) is 11.8 Å². The molecule has 2 aliphatic carbocycles. The van der Waals surface area contributed by atoms with E-state index in [4.69, 9.17) is 4.74 Å². The number of rotatable bonds is 8. The van der Waals surface area contributed by atoms with Crippen LogP contribution in [-0.4, -0.2) is 81.7 Å². The van der Waals surface area contributed by atoms with Crippen LogP contribution < -0.4 is 10.6 Å². The van der Waals surface area contributed by atoms with E-state index >= 15 is 0 Å². The fourth-order valence-corrected chi connectivity index (χ4v) is 6.69. The molecule has 0 unspecified atom stereocenters. The number of amides is 2. The molecule has 4 heterocycles. The number of halogens is 2. The molecule has 0 spiro atoms. The largest absolute Gasteiger partial charge is 0.388 e. The predicted molar refractivity (Wildman–Crippen MR) is 141 cm³/mol. The second-order valence-corrected chi connectivity index (χ2v) is 12.5. The van der Waals surface area contributed by atoms with Crippen LogP contribution in [0.15, 0.2) is 12.3 Å². The summed E-state index contributed by atoms with van der Waals surface area (Å²) >= 11 is 1.02. The molecule has 210 valence electrons. The van der Waals surface area contributed by atoms with Gasteiger partial charge in [-0.2, -0.15) is 0 Å². The topological polar surface area (TPSA) is 117 Å². The fraction of sp³-hybridized carbons (Fsp3) is 0.630. The van der Waals surface area contributed by atoms with Crippen molar-refractivity contribution in [3.8, 4) is 10.4 Å². The first kappa shape index (κ1) is 26.5. The molecule has 2 amide bonds. The van der Waals surface area contributed by atoms with Gasteiger partial charge in [-0.15, -0.1) is 11.3 Å². The normalized spacial score (nSPS) is 26.3. The first-order valence-corrected chi connectivity index (χ1v) is 14.4. The summed E-state index contributed by atoms with van der Waals surface area (Å²) in [6, 6.07) is 1.09. The zero-order chi connectivity index (χ0) is 27.5. The maximum Gasteiger partial charge on any atom is 0.280 e. The molecule has 0 aromatic carbocycles. The van der Waals surface area contributed by atoms with E-state index in [1.807, 2.05) is 13.0 Å². The first-order chi connectivity index (χ1) is 18.6. The highest BCUT2D eigenvalue weighted by atomic mass is 32.1. The molecule has 3 atom stereocenters. The Morgan fingerprint density at radius 3 is 2.51 bits per heavy atom. The summed E-state index contributed by atoms with van der Waals surface area (Å²) in [6.45, 7) is 3.08. The van der Waals surface area contributed by atoms with Crippen LogP contribution in [-0.2, 0) is 4.74 Å². The SMILES string of the molecule is Cc1cc(NC(C2CC2)C2CC2)ncc1-c1sc(C(=O)N[C@H]2COC[C@H]2O)nc1C(=O)N1CC(F)(F)C[C@@H]1C. The third kappa shape index (κ3) is 5.51. The van der Waals surface area contributed by atoms with E-state index in [-0.39, 0.29) is 23.9 Å². The Morgan fingerprint density at radius 2 is 1.95 bits per heavy atom. The fourth-order valence-electron chi connectivity index (χ4n) is 5.65. The van der Waals surface area contributed by atoms with Gasteiger partial charge in [-0.05, 0) is 63.0 Å². The van der Waals surface area contributed by atoms with Crippen LogP contribution in [0.5, 0.6) is 0 Å². The van der Waals surface area contributed by atoms with Gasteiger partial charge in [-0.25, -0.2) is 18.7 Å². The maximum atomic E-state index is 14.1. The van der Waals surface area contributed by atoms with Gasteiger partial charge < -0.3 is 25.4 Å². The molecular weight excluding hydrogens is 528 g/mol. The van der Waals surface area contributed by atoms with Gasteiger partial charge in [0, 0.05) is 30.3 Å². The van der Waals surface area contributed by atoms with Crippen LogP contribution in [0.1, 0.15) is 64.9 Å². The molecule has 0 radical (unpaired) electrons. The number of hydrogen-bond acceptors (Lipinski definition) is 8. The number of aromatic nitrogens is 2. The molecule has 4 fully saturated rings.